The standard InChI is InChI=1S/C13H14N6O2/c1-14-12(20)10-8-18(7-9-3-6-17-19(9)10)13(21)11-15-4-2-5-16-11/h2-6,10H,7-8H2,1H3,(H,14,20). The van der Waals surface area contributed by atoms with E-state index in [2.05, 4.69) is 20.4 Å². The number of fused-ring (bicyclic) bond motifs is 1. The van der Waals surface area contributed by atoms with Gasteiger partial charge in [-0.1, -0.05) is 0 Å². The molecule has 1 atom stereocenters. The summed E-state index contributed by atoms with van der Waals surface area (Å²) in [5, 5.41) is 6.76. The van der Waals surface area contributed by atoms with Gasteiger partial charge < -0.3 is 10.2 Å². The third-order valence-corrected chi connectivity index (χ3v) is 3.39. The topological polar surface area (TPSA) is 93.0 Å². The Hall–Kier alpha value is -2.77. The van der Waals surface area contributed by atoms with Gasteiger partial charge in [0.1, 0.15) is 6.04 Å². The first-order chi connectivity index (χ1) is 10.2. The van der Waals surface area contributed by atoms with Crippen LogP contribution in [0.2, 0.25) is 0 Å². The molecular formula is C13H14N6O2. The van der Waals surface area contributed by atoms with E-state index in [1.165, 1.54) is 12.4 Å². The number of hydrogen-bond donors (Lipinski definition) is 1. The molecule has 3 rings (SSSR count). The third-order valence-electron chi connectivity index (χ3n) is 3.39. The van der Waals surface area contributed by atoms with E-state index < -0.39 is 6.04 Å². The highest BCUT2D eigenvalue weighted by atomic mass is 16.2. The van der Waals surface area contributed by atoms with Crippen molar-refractivity contribution in [1.82, 2.24) is 30.0 Å². The van der Waals surface area contributed by atoms with Crippen LogP contribution in [0.1, 0.15) is 22.4 Å². The molecule has 108 valence electrons. The highest BCUT2D eigenvalue weighted by molar-refractivity contribution is 5.91. The lowest BCUT2D eigenvalue weighted by Crippen LogP contribution is -2.46. The summed E-state index contributed by atoms with van der Waals surface area (Å²) in [6.07, 6.45) is 4.66. The van der Waals surface area contributed by atoms with Gasteiger partial charge in [-0.25, -0.2) is 9.97 Å². The smallest absolute Gasteiger partial charge is 0.292 e. The normalized spacial score (nSPS) is 17.2. The van der Waals surface area contributed by atoms with E-state index in [1.807, 2.05) is 0 Å². The summed E-state index contributed by atoms with van der Waals surface area (Å²) in [7, 11) is 1.56. The summed E-state index contributed by atoms with van der Waals surface area (Å²) in [6, 6.07) is 2.90. The molecule has 8 heteroatoms. The third kappa shape index (κ3) is 2.35. The average molecular weight is 286 g/mol. The van der Waals surface area contributed by atoms with Gasteiger partial charge in [-0.3, -0.25) is 14.3 Å². The first kappa shape index (κ1) is 13.2. The number of amides is 2. The molecule has 0 aromatic carbocycles. The fourth-order valence-electron chi connectivity index (χ4n) is 2.36. The van der Waals surface area contributed by atoms with Crippen LogP contribution in [0.25, 0.3) is 0 Å². The molecule has 0 radical (unpaired) electrons. The lowest BCUT2D eigenvalue weighted by molar-refractivity contribution is -0.125. The maximum Gasteiger partial charge on any atom is 0.292 e. The van der Waals surface area contributed by atoms with E-state index >= 15 is 0 Å². The van der Waals surface area contributed by atoms with Crippen LogP contribution < -0.4 is 5.32 Å². The quantitative estimate of drug-likeness (QED) is 0.812. The van der Waals surface area contributed by atoms with Crippen LogP contribution in [0.4, 0.5) is 0 Å². The maximum absolute atomic E-state index is 12.4. The molecule has 2 aromatic rings. The van der Waals surface area contributed by atoms with Gasteiger partial charge >= 0.3 is 0 Å². The number of rotatable bonds is 2. The fraction of sp³-hybridized carbons (Fsp3) is 0.308. The zero-order chi connectivity index (χ0) is 14.8. The van der Waals surface area contributed by atoms with Crippen molar-refractivity contribution < 1.29 is 9.59 Å². The van der Waals surface area contributed by atoms with Crippen LogP contribution in [0, 0.1) is 0 Å². The fourth-order valence-corrected chi connectivity index (χ4v) is 2.36. The van der Waals surface area contributed by atoms with Gasteiger partial charge in [-0.2, -0.15) is 5.10 Å². The number of likely N-dealkylation sites (N-methyl/N-ethyl adjacent to an activating group) is 1. The Morgan fingerprint density at radius 2 is 2.05 bits per heavy atom. The molecule has 0 saturated heterocycles. The lowest BCUT2D eigenvalue weighted by atomic mass is 10.1. The minimum atomic E-state index is -0.540. The van der Waals surface area contributed by atoms with Crippen molar-refractivity contribution in [3.8, 4) is 0 Å². The maximum atomic E-state index is 12.4. The Bertz CT molecular complexity index is 668. The Morgan fingerprint density at radius 3 is 2.76 bits per heavy atom. The van der Waals surface area contributed by atoms with Crippen LogP contribution in [0.15, 0.2) is 30.7 Å². The molecule has 1 aliphatic rings. The van der Waals surface area contributed by atoms with Gasteiger partial charge in [-0.05, 0) is 12.1 Å². The van der Waals surface area contributed by atoms with Gasteiger partial charge in [0, 0.05) is 25.6 Å². The number of hydrogen-bond acceptors (Lipinski definition) is 5. The molecule has 1 aliphatic heterocycles. The summed E-state index contributed by atoms with van der Waals surface area (Å²) in [4.78, 5) is 33.9. The van der Waals surface area contributed by atoms with Gasteiger partial charge in [0.2, 0.25) is 11.7 Å². The van der Waals surface area contributed by atoms with Crippen LogP contribution in [-0.4, -0.2) is 50.1 Å². The number of nitrogens with zero attached hydrogens (tertiary/aromatic N) is 5. The molecule has 0 saturated carbocycles. The van der Waals surface area contributed by atoms with Crippen molar-refractivity contribution in [2.45, 2.75) is 12.6 Å². The van der Waals surface area contributed by atoms with Crippen molar-refractivity contribution in [1.29, 1.82) is 0 Å². The summed E-state index contributed by atoms with van der Waals surface area (Å²) in [5.74, 6) is -0.357. The molecule has 0 aliphatic carbocycles. The van der Waals surface area contributed by atoms with Crippen LogP contribution >= 0.6 is 0 Å². The van der Waals surface area contributed by atoms with Crippen molar-refractivity contribution >= 4 is 11.8 Å². The summed E-state index contributed by atoms with van der Waals surface area (Å²) in [6.45, 7) is 0.621. The Morgan fingerprint density at radius 1 is 1.29 bits per heavy atom. The monoisotopic (exact) mass is 286 g/mol. The van der Waals surface area contributed by atoms with E-state index in [0.29, 0.717) is 6.54 Å². The van der Waals surface area contributed by atoms with Crippen LogP contribution in [-0.2, 0) is 11.3 Å². The van der Waals surface area contributed by atoms with Crippen LogP contribution in [0.5, 0.6) is 0 Å². The van der Waals surface area contributed by atoms with E-state index in [9.17, 15) is 9.59 Å². The molecule has 0 spiro atoms. The van der Waals surface area contributed by atoms with E-state index in [0.717, 1.165) is 5.69 Å². The first-order valence-corrected chi connectivity index (χ1v) is 6.51. The second-order valence-electron chi connectivity index (χ2n) is 4.66. The SMILES string of the molecule is CNC(=O)C1CN(C(=O)c2ncccn2)Cc2ccnn21. The van der Waals surface area contributed by atoms with Crippen molar-refractivity contribution in [2.24, 2.45) is 0 Å². The molecule has 21 heavy (non-hydrogen) atoms. The second-order valence-corrected chi connectivity index (χ2v) is 4.66. The number of carbonyl (C=O) groups is 2. The van der Waals surface area contributed by atoms with E-state index in [-0.39, 0.29) is 24.2 Å². The molecule has 1 N–H and O–H groups in total. The minimum absolute atomic E-state index is 0.126. The Kier molecular flexibility index (Phi) is 3.35. The van der Waals surface area contributed by atoms with Crippen molar-refractivity contribution in [2.75, 3.05) is 13.6 Å². The highest BCUT2D eigenvalue weighted by Crippen LogP contribution is 2.21. The van der Waals surface area contributed by atoms with Gasteiger partial charge in [-0.15, -0.1) is 0 Å². The Labute approximate surface area is 120 Å². The molecule has 0 fully saturated rings. The Balaban J connectivity index is 1.90. The molecule has 8 nitrogen and oxygen atoms in total. The summed E-state index contributed by atoms with van der Waals surface area (Å²) < 4.78 is 1.65. The van der Waals surface area contributed by atoms with E-state index in [1.54, 1.807) is 35.0 Å². The second kappa shape index (κ2) is 5.31. The zero-order valence-electron chi connectivity index (χ0n) is 11.4. The van der Waals surface area contributed by atoms with Gasteiger partial charge in [0.05, 0.1) is 18.8 Å². The molecule has 3 heterocycles. The highest BCUT2D eigenvalue weighted by Gasteiger charge is 2.33. The molecule has 1 unspecified atom stereocenters. The molecular weight excluding hydrogens is 272 g/mol. The predicted molar refractivity (Wildman–Crippen MR) is 72.1 cm³/mol. The lowest BCUT2D eigenvalue weighted by Gasteiger charge is -2.32. The van der Waals surface area contributed by atoms with Crippen molar-refractivity contribution in [3.63, 3.8) is 0 Å². The minimum Gasteiger partial charge on any atom is -0.357 e. The van der Waals surface area contributed by atoms with Crippen LogP contribution in [0.3, 0.4) is 0 Å². The first-order valence-electron chi connectivity index (χ1n) is 6.51. The summed E-state index contributed by atoms with van der Waals surface area (Å²) >= 11 is 0. The number of aromatic nitrogens is 4. The number of nitrogens with one attached hydrogen (secondary N) is 1. The molecule has 2 amide bonds. The largest absolute Gasteiger partial charge is 0.357 e. The molecule has 0 bridgehead atoms. The number of carbonyl (C=O) groups excluding carboxylic acids is 2. The zero-order valence-corrected chi connectivity index (χ0v) is 11.4. The average Bonchev–Trinajstić information content (AvgIpc) is 3.01. The predicted octanol–water partition coefficient (Wildman–Crippen LogP) is -0.384. The summed E-state index contributed by atoms with van der Waals surface area (Å²) in [5.41, 5.74) is 0.805. The van der Waals surface area contributed by atoms with Gasteiger partial charge in [0.15, 0.2) is 0 Å². The van der Waals surface area contributed by atoms with E-state index in [4.69, 9.17) is 0 Å². The van der Waals surface area contributed by atoms with Crippen molar-refractivity contribution in [3.05, 3.63) is 42.2 Å². The van der Waals surface area contributed by atoms with Gasteiger partial charge in [0.25, 0.3) is 5.91 Å². The molecule has 2 aromatic heterocycles.